The molecule has 30 heavy (non-hydrogen) atoms. The summed E-state index contributed by atoms with van der Waals surface area (Å²) in [4.78, 5) is 13.1. The van der Waals surface area contributed by atoms with Crippen LogP contribution in [0.2, 0.25) is 5.02 Å². The largest absolute Gasteiger partial charge is 0.416 e. The van der Waals surface area contributed by atoms with Crippen molar-refractivity contribution < 1.29 is 22.4 Å². The third-order valence-corrected chi connectivity index (χ3v) is 5.65. The lowest BCUT2D eigenvalue weighted by molar-refractivity contribution is -0.137. The van der Waals surface area contributed by atoms with Gasteiger partial charge in [0, 0.05) is 10.6 Å². The number of alkyl halides is 3. The lowest BCUT2D eigenvalue weighted by atomic mass is 9.78. The van der Waals surface area contributed by atoms with E-state index in [1.807, 2.05) is 12.1 Å². The molecule has 1 saturated carbocycles. The number of carbonyl (C=O) groups excluding carboxylic acids is 1. The minimum Gasteiger partial charge on any atom is -0.403 e. The fraction of sp³-hybridized carbons (Fsp3) is 0.286. The van der Waals surface area contributed by atoms with Gasteiger partial charge in [0.15, 0.2) is 0 Å². The maximum atomic E-state index is 13.1. The molecule has 1 fully saturated rings. The predicted octanol–water partition coefficient (Wildman–Crippen LogP) is 5.86. The predicted molar refractivity (Wildman–Crippen MR) is 105 cm³/mol. The van der Waals surface area contributed by atoms with Crippen LogP contribution in [0.25, 0.3) is 11.5 Å². The van der Waals surface area contributed by atoms with Crippen LogP contribution in [-0.4, -0.2) is 16.1 Å². The Morgan fingerprint density at radius 2 is 1.63 bits per heavy atom. The molecule has 1 aromatic heterocycles. The van der Waals surface area contributed by atoms with Gasteiger partial charge < -0.3 is 4.42 Å². The van der Waals surface area contributed by atoms with Crippen LogP contribution in [0.4, 0.5) is 19.2 Å². The SMILES string of the molecule is O=C(Nc1nnc(-c2ccc(C(F)(F)F)cc2)o1)C1(c2ccc(Cl)cc2)CCCC1. The minimum absolute atomic E-state index is 0.0194. The maximum absolute atomic E-state index is 13.1. The second kappa shape index (κ2) is 7.75. The number of amides is 1. The zero-order valence-electron chi connectivity index (χ0n) is 15.7. The van der Waals surface area contributed by atoms with Crippen molar-refractivity contribution in [2.45, 2.75) is 37.3 Å². The number of rotatable bonds is 4. The average molecular weight is 436 g/mol. The molecule has 1 amide bonds. The van der Waals surface area contributed by atoms with E-state index in [9.17, 15) is 18.0 Å². The first-order valence-electron chi connectivity index (χ1n) is 9.37. The van der Waals surface area contributed by atoms with Gasteiger partial charge in [0.05, 0.1) is 11.0 Å². The van der Waals surface area contributed by atoms with Crippen molar-refractivity contribution in [2.75, 3.05) is 5.32 Å². The van der Waals surface area contributed by atoms with E-state index in [4.69, 9.17) is 16.0 Å². The first-order chi connectivity index (χ1) is 14.3. The monoisotopic (exact) mass is 435 g/mol. The Morgan fingerprint density at radius 3 is 2.23 bits per heavy atom. The summed E-state index contributed by atoms with van der Waals surface area (Å²) in [5, 5.41) is 10.9. The van der Waals surface area contributed by atoms with Gasteiger partial charge in [-0.15, -0.1) is 5.10 Å². The summed E-state index contributed by atoms with van der Waals surface area (Å²) in [6.07, 6.45) is -1.24. The van der Waals surface area contributed by atoms with Gasteiger partial charge in [-0.1, -0.05) is 41.7 Å². The molecule has 4 rings (SSSR count). The number of halogens is 4. The Kier molecular flexibility index (Phi) is 5.27. The van der Waals surface area contributed by atoms with E-state index in [-0.39, 0.29) is 17.8 Å². The number of carbonyl (C=O) groups is 1. The van der Waals surface area contributed by atoms with Gasteiger partial charge in [-0.2, -0.15) is 13.2 Å². The Hall–Kier alpha value is -2.87. The van der Waals surface area contributed by atoms with Gasteiger partial charge in [-0.3, -0.25) is 10.1 Å². The molecular formula is C21H17ClF3N3O2. The molecule has 3 aromatic rings. The molecule has 0 radical (unpaired) electrons. The molecule has 1 N–H and O–H groups in total. The van der Waals surface area contributed by atoms with Crippen LogP contribution in [0.5, 0.6) is 0 Å². The molecule has 156 valence electrons. The summed E-state index contributed by atoms with van der Waals surface area (Å²) in [7, 11) is 0. The number of hydrogen-bond donors (Lipinski definition) is 1. The Bertz CT molecular complexity index is 1040. The summed E-state index contributed by atoms with van der Waals surface area (Å²) < 4.78 is 43.6. The standard InChI is InChI=1S/C21H17ClF3N3O2/c22-16-9-7-14(8-10-16)20(11-1-2-12-20)18(29)26-19-28-27-17(30-19)13-3-5-15(6-4-13)21(23,24)25/h3-10H,1-2,11-12H2,(H,26,28,29). The highest BCUT2D eigenvalue weighted by atomic mass is 35.5. The second-order valence-corrected chi connectivity index (χ2v) is 7.67. The van der Waals surface area contributed by atoms with E-state index in [1.165, 1.54) is 12.1 Å². The number of aromatic nitrogens is 2. The van der Waals surface area contributed by atoms with Crippen LogP contribution in [0.3, 0.4) is 0 Å². The van der Waals surface area contributed by atoms with E-state index in [0.29, 0.717) is 23.4 Å². The van der Waals surface area contributed by atoms with Gasteiger partial charge in [0.1, 0.15) is 0 Å². The number of benzene rings is 2. The highest BCUT2D eigenvalue weighted by molar-refractivity contribution is 6.30. The van der Waals surface area contributed by atoms with Gasteiger partial charge in [-0.25, -0.2) is 0 Å². The number of nitrogens with zero attached hydrogens (tertiary/aromatic N) is 2. The molecule has 2 aromatic carbocycles. The molecule has 9 heteroatoms. The Morgan fingerprint density at radius 1 is 1.00 bits per heavy atom. The van der Waals surface area contributed by atoms with Crippen molar-refractivity contribution in [3.05, 3.63) is 64.7 Å². The quantitative estimate of drug-likeness (QED) is 0.557. The average Bonchev–Trinajstić information content (AvgIpc) is 3.38. The van der Waals surface area contributed by atoms with Crippen molar-refractivity contribution >= 4 is 23.5 Å². The fourth-order valence-electron chi connectivity index (χ4n) is 3.80. The zero-order valence-corrected chi connectivity index (χ0v) is 16.4. The fourth-order valence-corrected chi connectivity index (χ4v) is 3.93. The number of hydrogen-bond acceptors (Lipinski definition) is 4. The molecule has 5 nitrogen and oxygen atoms in total. The smallest absolute Gasteiger partial charge is 0.403 e. The van der Waals surface area contributed by atoms with E-state index in [0.717, 1.165) is 30.5 Å². The van der Waals surface area contributed by atoms with Crippen molar-refractivity contribution in [2.24, 2.45) is 0 Å². The lowest BCUT2D eigenvalue weighted by Gasteiger charge is -2.27. The molecule has 0 unspecified atom stereocenters. The van der Waals surface area contributed by atoms with E-state index < -0.39 is 17.2 Å². The third kappa shape index (κ3) is 3.92. The van der Waals surface area contributed by atoms with Crippen molar-refractivity contribution in [3.8, 4) is 11.5 Å². The molecule has 1 aliphatic carbocycles. The van der Waals surface area contributed by atoms with Gasteiger partial charge in [0.25, 0.3) is 0 Å². The van der Waals surface area contributed by atoms with E-state index >= 15 is 0 Å². The molecule has 0 saturated heterocycles. The van der Waals surface area contributed by atoms with Gasteiger partial charge in [0.2, 0.25) is 11.8 Å². The summed E-state index contributed by atoms with van der Waals surface area (Å²) in [6, 6.07) is 11.4. The van der Waals surface area contributed by atoms with Crippen molar-refractivity contribution in [1.29, 1.82) is 0 Å². The summed E-state index contributed by atoms with van der Waals surface area (Å²) >= 11 is 5.97. The molecule has 0 spiro atoms. The van der Waals surface area contributed by atoms with Crippen LogP contribution in [0.15, 0.2) is 52.9 Å². The Balaban J connectivity index is 1.54. The Labute approximate surface area is 175 Å². The normalized spacial score (nSPS) is 15.9. The summed E-state index contributed by atoms with van der Waals surface area (Å²) in [5.74, 6) is -0.240. The molecule has 1 heterocycles. The molecule has 0 atom stereocenters. The lowest BCUT2D eigenvalue weighted by Crippen LogP contribution is -2.38. The molecular weight excluding hydrogens is 419 g/mol. The number of anilines is 1. The highest BCUT2D eigenvalue weighted by Gasteiger charge is 2.43. The second-order valence-electron chi connectivity index (χ2n) is 7.24. The zero-order chi connectivity index (χ0) is 21.4. The summed E-state index contributed by atoms with van der Waals surface area (Å²) in [6.45, 7) is 0. The summed E-state index contributed by atoms with van der Waals surface area (Å²) in [5.41, 5.74) is -0.299. The first kappa shape index (κ1) is 20.4. The number of nitrogens with one attached hydrogen (secondary N) is 1. The van der Waals surface area contributed by atoms with Crippen molar-refractivity contribution in [3.63, 3.8) is 0 Å². The van der Waals surface area contributed by atoms with Crippen LogP contribution >= 0.6 is 11.6 Å². The molecule has 0 aliphatic heterocycles. The molecule has 1 aliphatic rings. The van der Waals surface area contributed by atoms with Crippen LogP contribution < -0.4 is 5.32 Å². The van der Waals surface area contributed by atoms with Crippen LogP contribution in [0.1, 0.15) is 36.8 Å². The third-order valence-electron chi connectivity index (χ3n) is 5.39. The van der Waals surface area contributed by atoms with Gasteiger partial charge in [-0.05, 0) is 54.8 Å². The van der Waals surface area contributed by atoms with E-state index in [2.05, 4.69) is 15.5 Å². The highest BCUT2D eigenvalue weighted by Crippen LogP contribution is 2.42. The van der Waals surface area contributed by atoms with Crippen molar-refractivity contribution in [1.82, 2.24) is 10.2 Å². The van der Waals surface area contributed by atoms with E-state index in [1.54, 1.807) is 12.1 Å². The minimum atomic E-state index is -4.43. The van der Waals surface area contributed by atoms with Crippen LogP contribution in [-0.2, 0) is 16.4 Å². The van der Waals surface area contributed by atoms with Gasteiger partial charge >= 0.3 is 12.2 Å². The first-order valence-corrected chi connectivity index (χ1v) is 9.74. The topological polar surface area (TPSA) is 68.0 Å². The van der Waals surface area contributed by atoms with Crippen LogP contribution in [0, 0.1) is 0 Å². The maximum Gasteiger partial charge on any atom is 0.416 e. The molecule has 0 bridgehead atoms.